The fourth-order valence-corrected chi connectivity index (χ4v) is 6.00. The molecule has 0 saturated carbocycles. The molecule has 0 aliphatic rings. The summed E-state index contributed by atoms with van der Waals surface area (Å²) >= 11 is 2.58. The van der Waals surface area contributed by atoms with Gasteiger partial charge in [0.15, 0.2) is 5.78 Å². The number of pyridine rings is 1. The lowest BCUT2D eigenvalue weighted by Crippen LogP contribution is -2.12. The second kappa shape index (κ2) is 11.1. The monoisotopic (exact) mass is 563 g/mol. The highest BCUT2D eigenvalue weighted by Gasteiger charge is 2.24. The van der Waals surface area contributed by atoms with E-state index < -0.39 is 5.91 Å². The van der Waals surface area contributed by atoms with Crippen molar-refractivity contribution in [3.8, 4) is 17.2 Å². The highest BCUT2D eigenvalue weighted by atomic mass is 32.1. The molecule has 5 rings (SSSR count). The fourth-order valence-electron chi connectivity index (χ4n) is 4.35. The molecule has 0 unspecified atom stereocenters. The molecular weight excluding hydrogens is 539 g/mol. The van der Waals surface area contributed by atoms with Crippen LogP contribution in [0.15, 0.2) is 71.4 Å². The predicted molar refractivity (Wildman–Crippen MR) is 165 cm³/mol. The number of hydrogen-bond acceptors (Lipinski definition) is 8. The van der Waals surface area contributed by atoms with Crippen molar-refractivity contribution >= 4 is 67.8 Å². The summed E-state index contributed by atoms with van der Waals surface area (Å²) < 4.78 is 0. The predicted octanol–water partition coefficient (Wildman–Crippen LogP) is 7.33. The van der Waals surface area contributed by atoms with Crippen LogP contribution in [0.2, 0.25) is 0 Å². The van der Waals surface area contributed by atoms with Crippen LogP contribution < -0.4 is 16.8 Å². The first kappa shape index (κ1) is 26.8. The van der Waals surface area contributed by atoms with Crippen molar-refractivity contribution in [2.45, 2.75) is 19.8 Å². The number of carbonyl (C=O) groups is 2. The maximum Gasteiger partial charge on any atom is 0.267 e. The zero-order chi connectivity index (χ0) is 28.4. The molecule has 3 aromatic heterocycles. The molecule has 0 aliphatic carbocycles. The van der Waals surface area contributed by atoms with E-state index in [1.54, 1.807) is 30.3 Å². The second-order valence-electron chi connectivity index (χ2n) is 9.45. The first-order chi connectivity index (χ1) is 19.3. The normalized spacial score (nSPS) is 11.2. The number of aromatic nitrogens is 1. The Morgan fingerprint density at radius 2 is 1.88 bits per heavy atom. The second-order valence-corrected chi connectivity index (χ2v) is 11.2. The lowest BCUT2D eigenvalue weighted by molar-refractivity contribution is 0.102. The molecule has 40 heavy (non-hydrogen) atoms. The highest BCUT2D eigenvalue weighted by molar-refractivity contribution is 7.21. The van der Waals surface area contributed by atoms with Crippen LogP contribution in [-0.2, 0) is 0 Å². The number of fused-ring (bicyclic) bond motifs is 1. The Morgan fingerprint density at radius 3 is 2.55 bits per heavy atom. The quantitative estimate of drug-likeness (QED) is 0.140. The zero-order valence-corrected chi connectivity index (χ0v) is 23.4. The summed E-state index contributed by atoms with van der Waals surface area (Å²) in [5, 5.41) is 16.9. The average molecular weight is 564 g/mol. The number of carbonyl (C=O) groups excluding carboxylic acids is 2. The van der Waals surface area contributed by atoms with Gasteiger partial charge in [-0.15, -0.1) is 11.3 Å². The Balaban J connectivity index is 1.40. The number of rotatable bonds is 7. The van der Waals surface area contributed by atoms with Gasteiger partial charge in [-0.3, -0.25) is 9.59 Å². The maximum atomic E-state index is 13.3. The van der Waals surface area contributed by atoms with E-state index in [1.165, 1.54) is 23.0 Å². The molecule has 7 nitrogen and oxygen atoms in total. The number of nitriles is 1. The fraction of sp³-hybridized carbons (Fsp3) is 0.0968. The molecular formula is C31H25N5O2S2. The van der Waals surface area contributed by atoms with E-state index in [-0.39, 0.29) is 27.7 Å². The van der Waals surface area contributed by atoms with Gasteiger partial charge in [0.25, 0.3) is 5.91 Å². The van der Waals surface area contributed by atoms with Crippen molar-refractivity contribution in [2.75, 3.05) is 16.8 Å². The molecule has 0 spiro atoms. The molecule has 0 radical (unpaired) electrons. The maximum absolute atomic E-state index is 13.3. The SMILES string of the molecule is CC(C)c1ccc(C=CC(=O)c2cccc(NC(=O)c3sc4nc(N)c(C#N)c(-c5ccsc5)c4c3N)c2)cc1. The minimum Gasteiger partial charge on any atom is -0.397 e. The van der Waals surface area contributed by atoms with Gasteiger partial charge in [-0.2, -0.15) is 16.6 Å². The molecule has 0 fully saturated rings. The number of anilines is 3. The molecule has 3 heterocycles. The number of thiophene rings is 2. The standard InChI is InChI=1S/C31H25N5O2S2/c1-17(2)19-9-6-18(7-10-19)8-11-24(37)20-4-3-5-22(14-20)35-30(38)28-27(33)26-25(21-12-13-39-16-21)23(15-32)29(34)36-31(26)40-28/h3-14,16-17H,33H2,1-2H3,(H2,34,36)(H,35,38). The largest absolute Gasteiger partial charge is 0.397 e. The summed E-state index contributed by atoms with van der Waals surface area (Å²) in [5.41, 5.74) is 17.4. The number of nitrogen functional groups attached to an aromatic ring is 2. The minimum atomic E-state index is -0.445. The molecule has 198 valence electrons. The first-order valence-electron chi connectivity index (χ1n) is 12.4. The molecule has 0 bridgehead atoms. The number of nitrogens with zero attached hydrogens (tertiary/aromatic N) is 2. The van der Waals surface area contributed by atoms with Gasteiger partial charge in [0, 0.05) is 22.2 Å². The van der Waals surface area contributed by atoms with Gasteiger partial charge in [0.2, 0.25) is 0 Å². The summed E-state index contributed by atoms with van der Waals surface area (Å²) in [4.78, 5) is 31.2. The van der Waals surface area contributed by atoms with Gasteiger partial charge < -0.3 is 16.8 Å². The highest BCUT2D eigenvalue weighted by Crippen LogP contribution is 2.43. The van der Waals surface area contributed by atoms with Crippen LogP contribution in [0.25, 0.3) is 27.4 Å². The van der Waals surface area contributed by atoms with Crippen LogP contribution in [0.4, 0.5) is 17.2 Å². The zero-order valence-electron chi connectivity index (χ0n) is 21.8. The van der Waals surface area contributed by atoms with Crippen molar-refractivity contribution in [3.05, 3.63) is 98.6 Å². The van der Waals surface area contributed by atoms with Crippen molar-refractivity contribution in [2.24, 2.45) is 0 Å². The van der Waals surface area contributed by atoms with Gasteiger partial charge in [-0.05, 0) is 57.6 Å². The van der Waals surface area contributed by atoms with Crippen molar-refractivity contribution in [1.82, 2.24) is 4.98 Å². The van der Waals surface area contributed by atoms with E-state index in [9.17, 15) is 14.9 Å². The Hall–Kier alpha value is -4.78. The number of amides is 1. The molecule has 9 heteroatoms. The number of hydrogen-bond donors (Lipinski definition) is 3. The molecule has 5 N–H and O–H groups in total. The van der Waals surface area contributed by atoms with Crippen molar-refractivity contribution in [3.63, 3.8) is 0 Å². The number of nitrogens with one attached hydrogen (secondary N) is 1. The number of ketones is 1. The number of nitrogens with two attached hydrogens (primary N) is 2. The Kier molecular flexibility index (Phi) is 7.47. The summed E-state index contributed by atoms with van der Waals surface area (Å²) in [6.45, 7) is 4.27. The van der Waals surface area contributed by atoms with Crippen LogP contribution in [0.1, 0.15) is 56.5 Å². The third-order valence-corrected chi connectivity index (χ3v) is 8.25. The van der Waals surface area contributed by atoms with Gasteiger partial charge in [0.05, 0.1) is 5.69 Å². The van der Waals surface area contributed by atoms with Crippen LogP contribution in [0, 0.1) is 11.3 Å². The molecule has 1 amide bonds. The van der Waals surface area contributed by atoms with E-state index in [4.69, 9.17) is 11.5 Å². The number of benzene rings is 2. The van der Waals surface area contributed by atoms with Crippen LogP contribution in [-0.4, -0.2) is 16.7 Å². The molecule has 0 aliphatic heterocycles. The summed E-state index contributed by atoms with van der Waals surface area (Å²) in [6, 6.07) is 18.8. The Labute approximate surface area is 239 Å². The van der Waals surface area contributed by atoms with E-state index in [2.05, 4.69) is 42.4 Å². The van der Waals surface area contributed by atoms with Crippen molar-refractivity contribution in [1.29, 1.82) is 5.26 Å². The van der Waals surface area contributed by atoms with Gasteiger partial charge in [0.1, 0.15) is 27.2 Å². The Bertz CT molecular complexity index is 1810. The van der Waals surface area contributed by atoms with Crippen LogP contribution in [0.5, 0.6) is 0 Å². The van der Waals surface area contributed by atoms with Crippen LogP contribution >= 0.6 is 22.7 Å². The molecule has 0 saturated heterocycles. The van der Waals surface area contributed by atoms with E-state index in [0.717, 1.165) is 22.5 Å². The minimum absolute atomic E-state index is 0.0829. The molecule has 0 atom stereocenters. The smallest absolute Gasteiger partial charge is 0.267 e. The third kappa shape index (κ3) is 5.23. The Morgan fingerprint density at radius 1 is 1.10 bits per heavy atom. The lowest BCUT2D eigenvalue weighted by Gasteiger charge is -2.08. The average Bonchev–Trinajstić information content (AvgIpc) is 3.59. The molecule has 5 aromatic rings. The van der Waals surface area contributed by atoms with Gasteiger partial charge in [-0.1, -0.05) is 56.3 Å². The topological polar surface area (TPSA) is 135 Å². The van der Waals surface area contributed by atoms with E-state index in [0.29, 0.717) is 32.9 Å². The third-order valence-electron chi connectivity index (χ3n) is 6.47. The van der Waals surface area contributed by atoms with Crippen LogP contribution in [0.3, 0.4) is 0 Å². The van der Waals surface area contributed by atoms with E-state index in [1.807, 2.05) is 29.0 Å². The van der Waals surface area contributed by atoms with Gasteiger partial charge in [-0.25, -0.2) is 4.98 Å². The first-order valence-corrected chi connectivity index (χ1v) is 14.2. The summed E-state index contributed by atoms with van der Waals surface area (Å²) in [7, 11) is 0. The summed E-state index contributed by atoms with van der Waals surface area (Å²) in [6.07, 6.45) is 3.29. The van der Waals surface area contributed by atoms with Gasteiger partial charge >= 0.3 is 0 Å². The van der Waals surface area contributed by atoms with Crippen molar-refractivity contribution < 1.29 is 9.59 Å². The lowest BCUT2D eigenvalue weighted by atomic mass is 9.99. The molecule has 2 aromatic carbocycles. The summed E-state index contributed by atoms with van der Waals surface area (Å²) in [5.74, 6) is -0.110. The number of allylic oxidation sites excluding steroid dienone is 1. The van der Waals surface area contributed by atoms with E-state index >= 15 is 0 Å².